The molecule has 1 amide bonds. The van der Waals surface area contributed by atoms with Crippen LogP contribution < -0.4 is 9.62 Å². The number of halogens is 1. The first-order valence-corrected chi connectivity index (χ1v) is 12.5. The second-order valence-electron chi connectivity index (χ2n) is 7.13. The molecule has 1 heterocycles. The lowest BCUT2D eigenvalue weighted by Gasteiger charge is -2.24. The van der Waals surface area contributed by atoms with Crippen molar-refractivity contribution in [2.24, 2.45) is 0 Å². The summed E-state index contributed by atoms with van der Waals surface area (Å²) in [5, 5.41) is 12.1. The number of nitrogens with one attached hydrogen (secondary N) is 1. The Balaban J connectivity index is 1.59. The van der Waals surface area contributed by atoms with Crippen LogP contribution in [0, 0.1) is 6.92 Å². The van der Waals surface area contributed by atoms with E-state index in [1.807, 2.05) is 37.3 Å². The van der Waals surface area contributed by atoms with Gasteiger partial charge in [0.1, 0.15) is 11.6 Å². The smallest absolute Gasteiger partial charge is 0.264 e. The molecule has 0 fully saturated rings. The minimum Gasteiger partial charge on any atom is -0.299 e. The average Bonchev–Trinajstić information content (AvgIpc) is 3.27. The Kier molecular flexibility index (Phi) is 6.73. The molecule has 10 heteroatoms. The summed E-state index contributed by atoms with van der Waals surface area (Å²) >= 11 is 7.17. The number of sulfonamides is 1. The van der Waals surface area contributed by atoms with Crippen LogP contribution in [0.15, 0.2) is 83.8 Å². The number of hydrogen-bond donors (Lipinski definition) is 1. The van der Waals surface area contributed by atoms with Crippen molar-refractivity contribution in [2.45, 2.75) is 11.8 Å². The zero-order chi connectivity index (χ0) is 23.4. The second-order valence-corrected chi connectivity index (χ2v) is 10.4. The summed E-state index contributed by atoms with van der Waals surface area (Å²) in [6, 6.07) is 22.2. The van der Waals surface area contributed by atoms with Gasteiger partial charge in [-0.05, 0) is 43.3 Å². The van der Waals surface area contributed by atoms with Crippen molar-refractivity contribution in [3.8, 4) is 10.6 Å². The Morgan fingerprint density at radius 3 is 2.30 bits per heavy atom. The molecule has 0 radical (unpaired) electrons. The van der Waals surface area contributed by atoms with Gasteiger partial charge in [-0.2, -0.15) is 0 Å². The first kappa shape index (κ1) is 22.9. The van der Waals surface area contributed by atoms with E-state index in [0.29, 0.717) is 15.7 Å². The Hall–Kier alpha value is -3.27. The highest BCUT2D eigenvalue weighted by Crippen LogP contribution is 2.28. The molecule has 0 bridgehead atoms. The highest BCUT2D eigenvalue weighted by atomic mass is 35.5. The third-order valence-corrected chi connectivity index (χ3v) is 7.63. The average molecular weight is 499 g/mol. The van der Waals surface area contributed by atoms with Crippen molar-refractivity contribution in [1.29, 1.82) is 0 Å². The lowest BCUT2D eigenvalue weighted by Crippen LogP contribution is -2.38. The van der Waals surface area contributed by atoms with Crippen LogP contribution in [0.5, 0.6) is 0 Å². The van der Waals surface area contributed by atoms with E-state index in [0.717, 1.165) is 15.4 Å². The first-order valence-electron chi connectivity index (χ1n) is 9.87. The van der Waals surface area contributed by atoms with Crippen LogP contribution >= 0.6 is 22.9 Å². The van der Waals surface area contributed by atoms with Crippen LogP contribution in [-0.2, 0) is 14.8 Å². The molecule has 0 aliphatic carbocycles. The molecule has 3 aromatic carbocycles. The number of benzene rings is 3. The van der Waals surface area contributed by atoms with Crippen LogP contribution in [0.4, 0.5) is 10.8 Å². The van der Waals surface area contributed by atoms with Gasteiger partial charge in [0, 0.05) is 10.6 Å². The minimum absolute atomic E-state index is 0.0816. The van der Waals surface area contributed by atoms with E-state index in [-0.39, 0.29) is 10.0 Å². The molecule has 0 aliphatic heterocycles. The highest BCUT2D eigenvalue weighted by Gasteiger charge is 2.27. The van der Waals surface area contributed by atoms with Gasteiger partial charge in [-0.3, -0.25) is 14.4 Å². The van der Waals surface area contributed by atoms with E-state index in [2.05, 4.69) is 15.5 Å². The van der Waals surface area contributed by atoms with E-state index in [1.165, 1.54) is 23.5 Å². The van der Waals surface area contributed by atoms with Gasteiger partial charge in [-0.1, -0.05) is 71.0 Å². The predicted molar refractivity (Wildman–Crippen MR) is 131 cm³/mol. The number of hydrogen-bond acceptors (Lipinski definition) is 6. The van der Waals surface area contributed by atoms with Crippen LogP contribution in [0.3, 0.4) is 0 Å². The van der Waals surface area contributed by atoms with Gasteiger partial charge in [0.15, 0.2) is 0 Å². The van der Waals surface area contributed by atoms with Crippen molar-refractivity contribution < 1.29 is 13.2 Å². The maximum absolute atomic E-state index is 13.4. The highest BCUT2D eigenvalue weighted by molar-refractivity contribution is 7.92. The summed E-state index contributed by atoms with van der Waals surface area (Å²) in [5.41, 5.74) is 2.12. The molecule has 7 nitrogen and oxygen atoms in total. The normalized spacial score (nSPS) is 11.2. The maximum atomic E-state index is 13.4. The Morgan fingerprint density at radius 1 is 0.970 bits per heavy atom. The van der Waals surface area contributed by atoms with E-state index in [1.54, 1.807) is 36.4 Å². The van der Waals surface area contributed by atoms with E-state index >= 15 is 0 Å². The second kappa shape index (κ2) is 9.70. The van der Waals surface area contributed by atoms with Crippen molar-refractivity contribution in [1.82, 2.24) is 10.2 Å². The summed E-state index contributed by atoms with van der Waals surface area (Å²) in [7, 11) is -4.01. The molecule has 0 spiro atoms. The molecular formula is C23H19ClN4O3S2. The van der Waals surface area contributed by atoms with Crippen LogP contribution in [0.2, 0.25) is 5.02 Å². The number of aromatic nitrogens is 2. The lowest BCUT2D eigenvalue weighted by atomic mass is 10.2. The Labute approximate surface area is 200 Å². The number of anilines is 2. The number of rotatable bonds is 7. The number of nitrogens with zero attached hydrogens (tertiary/aromatic N) is 3. The van der Waals surface area contributed by atoms with Gasteiger partial charge in [0.05, 0.1) is 10.6 Å². The molecular weight excluding hydrogens is 480 g/mol. The van der Waals surface area contributed by atoms with Gasteiger partial charge < -0.3 is 0 Å². The monoisotopic (exact) mass is 498 g/mol. The molecule has 1 N–H and O–H groups in total. The summed E-state index contributed by atoms with van der Waals surface area (Å²) in [6.07, 6.45) is 0. The number of aryl methyl sites for hydroxylation is 1. The molecule has 4 rings (SSSR count). The third kappa shape index (κ3) is 5.39. The first-order chi connectivity index (χ1) is 15.8. The predicted octanol–water partition coefficient (Wildman–Crippen LogP) is 5.00. The molecule has 0 saturated heterocycles. The van der Waals surface area contributed by atoms with Gasteiger partial charge in [0.25, 0.3) is 10.0 Å². The standard InChI is InChI=1S/C23H19ClN4O3S2/c1-16-7-13-20(14-8-16)33(30,31)28(19-11-9-18(24)10-12-19)15-21(29)25-23-27-26-22(32-23)17-5-3-2-4-6-17/h2-14H,15H2,1H3,(H,25,27,29). The third-order valence-electron chi connectivity index (χ3n) is 4.70. The fourth-order valence-corrected chi connectivity index (χ4v) is 5.33. The van der Waals surface area contributed by atoms with E-state index in [4.69, 9.17) is 11.6 Å². The van der Waals surface area contributed by atoms with Gasteiger partial charge in [-0.15, -0.1) is 10.2 Å². The topological polar surface area (TPSA) is 92.3 Å². The van der Waals surface area contributed by atoms with Gasteiger partial charge in [0.2, 0.25) is 11.0 Å². The molecule has 0 aliphatic rings. The zero-order valence-corrected chi connectivity index (χ0v) is 19.9. The minimum atomic E-state index is -4.01. The lowest BCUT2D eigenvalue weighted by molar-refractivity contribution is -0.114. The number of carbonyl (C=O) groups is 1. The fraction of sp³-hybridized carbons (Fsp3) is 0.0870. The molecule has 4 aromatic rings. The van der Waals surface area contributed by atoms with Gasteiger partial charge in [-0.25, -0.2) is 8.42 Å². The summed E-state index contributed by atoms with van der Waals surface area (Å²) < 4.78 is 27.8. The molecule has 0 unspecified atom stereocenters. The van der Waals surface area contributed by atoms with Crippen molar-refractivity contribution in [3.05, 3.63) is 89.4 Å². The maximum Gasteiger partial charge on any atom is 0.264 e. The van der Waals surface area contributed by atoms with Crippen LogP contribution in [0.25, 0.3) is 10.6 Å². The molecule has 33 heavy (non-hydrogen) atoms. The van der Waals surface area contributed by atoms with Crippen molar-refractivity contribution in [3.63, 3.8) is 0 Å². The van der Waals surface area contributed by atoms with Crippen LogP contribution in [-0.4, -0.2) is 31.1 Å². The fourth-order valence-electron chi connectivity index (χ4n) is 3.02. The summed E-state index contributed by atoms with van der Waals surface area (Å²) in [5.74, 6) is -0.545. The largest absolute Gasteiger partial charge is 0.299 e. The van der Waals surface area contributed by atoms with Crippen molar-refractivity contribution >= 4 is 49.7 Å². The van der Waals surface area contributed by atoms with Gasteiger partial charge >= 0.3 is 0 Å². The Morgan fingerprint density at radius 2 is 1.64 bits per heavy atom. The summed E-state index contributed by atoms with van der Waals surface area (Å²) in [4.78, 5) is 12.9. The molecule has 0 atom stereocenters. The molecule has 1 aromatic heterocycles. The summed E-state index contributed by atoms with van der Waals surface area (Å²) in [6.45, 7) is 1.42. The van der Waals surface area contributed by atoms with Crippen LogP contribution in [0.1, 0.15) is 5.56 Å². The number of carbonyl (C=O) groups excluding carboxylic acids is 1. The van der Waals surface area contributed by atoms with E-state index in [9.17, 15) is 13.2 Å². The quantitative estimate of drug-likeness (QED) is 0.387. The number of amides is 1. The van der Waals surface area contributed by atoms with E-state index < -0.39 is 22.5 Å². The van der Waals surface area contributed by atoms with Crippen molar-refractivity contribution in [2.75, 3.05) is 16.2 Å². The molecule has 0 saturated carbocycles. The zero-order valence-electron chi connectivity index (χ0n) is 17.5. The Bertz CT molecular complexity index is 1360. The SMILES string of the molecule is Cc1ccc(S(=O)(=O)N(CC(=O)Nc2nnc(-c3ccccc3)s2)c2ccc(Cl)cc2)cc1. The molecule has 168 valence electrons.